The molecule has 5 nitrogen and oxygen atoms in total. The van der Waals surface area contributed by atoms with Gasteiger partial charge in [0, 0.05) is 23.2 Å². The topological polar surface area (TPSA) is 58.6 Å². The van der Waals surface area contributed by atoms with Gasteiger partial charge in [-0.3, -0.25) is 9.59 Å². The Morgan fingerprint density at radius 2 is 1.87 bits per heavy atom. The molecule has 166 valence electrons. The highest BCUT2D eigenvalue weighted by Crippen LogP contribution is 2.23. The van der Waals surface area contributed by atoms with E-state index in [1.54, 1.807) is 32.2 Å². The van der Waals surface area contributed by atoms with Crippen LogP contribution in [0.1, 0.15) is 43.7 Å². The number of nitrogens with one attached hydrogen (secondary N) is 1. The van der Waals surface area contributed by atoms with E-state index in [1.807, 2.05) is 12.1 Å². The van der Waals surface area contributed by atoms with Crippen molar-refractivity contribution < 1.29 is 18.7 Å². The van der Waals surface area contributed by atoms with Gasteiger partial charge in [-0.2, -0.15) is 0 Å². The second kappa shape index (κ2) is 10.6. The molecule has 0 radical (unpaired) electrons. The van der Waals surface area contributed by atoms with Crippen molar-refractivity contribution in [3.63, 3.8) is 0 Å². The molecule has 1 N–H and O–H groups in total. The molecule has 31 heavy (non-hydrogen) atoms. The van der Waals surface area contributed by atoms with Crippen molar-refractivity contribution in [2.24, 2.45) is 0 Å². The van der Waals surface area contributed by atoms with Crippen molar-refractivity contribution in [3.05, 3.63) is 64.4 Å². The normalized spacial score (nSPS) is 14.8. The van der Waals surface area contributed by atoms with Crippen LogP contribution in [0.25, 0.3) is 0 Å². The second-order valence-electron chi connectivity index (χ2n) is 7.91. The summed E-state index contributed by atoms with van der Waals surface area (Å²) >= 11 is 6.12. The summed E-state index contributed by atoms with van der Waals surface area (Å²) in [5, 5.41) is 3.25. The number of ether oxygens (including phenoxy) is 1. The van der Waals surface area contributed by atoms with Crippen LogP contribution in [0.4, 0.5) is 4.39 Å². The molecule has 1 atom stereocenters. The number of hydrogen-bond acceptors (Lipinski definition) is 3. The summed E-state index contributed by atoms with van der Waals surface area (Å²) in [6, 6.07) is 11.1. The molecule has 0 bridgehead atoms. The van der Waals surface area contributed by atoms with Crippen LogP contribution in [-0.2, 0) is 22.6 Å². The zero-order valence-electron chi connectivity index (χ0n) is 17.9. The first kappa shape index (κ1) is 23.1. The molecule has 2 amide bonds. The maximum absolute atomic E-state index is 14.3. The number of rotatable bonds is 8. The highest BCUT2D eigenvalue weighted by molar-refractivity contribution is 6.31. The minimum absolute atomic E-state index is 0.136. The van der Waals surface area contributed by atoms with Crippen LogP contribution in [0.15, 0.2) is 42.5 Å². The summed E-state index contributed by atoms with van der Waals surface area (Å²) < 4.78 is 19.5. The summed E-state index contributed by atoms with van der Waals surface area (Å²) in [5.41, 5.74) is 0.978. The minimum atomic E-state index is -0.708. The van der Waals surface area contributed by atoms with Gasteiger partial charge in [0.25, 0.3) is 0 Å². The first-order chi connectivity index (χ1) is 14.9. The molecule has 0 unspecified atom stereocenters. The average Bonchev–Trinajstić information content (AvgIpc) is 3.27. The molecule has 0 heterocycles. The van der Waals surface area contributed by atoms with Crippen molar-refractivity contribution in [1.82, 2.24) is 10.2 Å². The van der Waals surface area contributed by atoms with Crippen molar-refractivity contribution >= 4 is 23.4 Å². The fourth-order valence-corrected chi connectivity index (χ4v) is 4.09. The first-order valence-electron chi connectivity index (χ1n) is 10.5. The van der Waals surface area contributed by atoms with E-state index in [2.05, 4.69) is 5.32 Å². The molecule has 3 rings (SSSR count). The Labute approximate surface area is 187 Å². The van der Waals surface area contributed by atoms with Crippen molar-refractivity contribution in [3.8, 4) is 5.75 Å². The Kier molecular flexibility index (Phi) is 7.91. The van der Waals surface area contributed by atoms with Gasteiger partial charge >= 0.3 is 0 Å². The Balaban J connectivity index is 1.81. The lowest BCUT2D eigenvalue weighted by Crippen LogP contribution is -2.50. The number of amides is 2. The first-order valence-corrected chi connectivity index (χ1v) is 10.9. The number of carbonyl (C=O) groups is 2. The fourth-order valence-electron chi connectivity index (χ4n) is 3.86. The van der Waals surface area contributed by atoms with Crippen molar-refractivity contribution in [2.75, 3.05) is 7.11 Å². The number of nitrogens with zero attached hydrogens (tertiary/aromatic N) is 1. The molecule has 0 saturated heterocycles. The Bertz CT molecular complexity index is 893. The fraction of sp³-hybridized carbons (Fsp3) is 0.417. The standard InChI is InChI=1S/C24H28ClFN2O3/c1-16(24(30)27-18-6-3-4-7-18)28(15-17-10-12-19(31-2)13-11-17)23(29)14-20-21(25)8-5-9-22(20)26/h5,8-13,16,18H,3-4,6-7,14-15H2,1-2H3,(H,27,30)/t16-/m0/s1. The molecular formula is C24H28ClFN2O3. The maximum atomic E-state index is 14.3. The van der Waals surface area contributed by atoms with Gasteiger partial charge in [-0.1, -0.05) is 42.6 Å². The maximum Gasteiger partial charge on any atom is 0.242 e. The Morgan fingerprint density at radius 1 is 1.19 bits per heavy atom. The molecule has 2 aromatic carbocycles. The van der Waals surface area contributed by atoms with E-state index in [0.717, 1.165) is 31.2 Å². The highest BCUT2D eigenvalue weighted by Gasteiger charge is 2.29. The van der Waals surface area contributed by atoms with Crippen LogP contribution in [-0.4, -0.2) is 35.9 Å². The molecule has 1 aliphatic rings. The summed E-state index contributed by atoms with van der Waals surface area (Å²) in [6.45, 7) is 1.92. The van der Waals surface area contributed by atoms with Crippen LogP contribution >= 0.6 is 11.6 Å². The van der Waals surface area contributed by atoms with Gasteiger partial charge in [0.15, 0.2) is 0 Å². The third-order valence-electron chi connectivity index (χ3n) is 5.77. The number of benzene rings is 2. The lowest BCUT2D eigenvalue weighted by molar-refractivity contribution is -0.140. The molecular weight excluding hydrogens is 419 g/mol. The Hall–Kier alpha value is -2.60. The molecule has 0 aromatic heterocycles. The Morgan fingerprint density at radius 3 is 2.48 bits per heavy atom. The van der Waals surface area contributed by atoms with E-state index in [9.17, 15) is 14.0 Å². The molecule has 0 spiro atoms. The minimum Gasteiger partial charge on any atom is -0.497 e. The lowest BCUT2D eigenvalue weighted by atomic mass is 10.1. The molecule has 1 fully saturated rings. The van der Waals surface area contributed by atoms with Gasteiger partial charge < -0.3 is 15.0 Å². The number of carbonyl (C=O) groups excluding carboxylic acids is 2. The third kappa shape index (κ3) is 5.97. The molecule has 7 heteroatoms. The largest absolute Gasteiger partial charge is 0.497 e. The highest BCUT2D eigenvalue weighted by atomic mass is 35.5. The van der Waals surface area contributed by atoms with Gasteiger partial charge in [-0.25, -0.2) is 4.39 Å². The van der Waals surface area contributed by atoms with Crippen molar-refractivity contribution in [2.45, 2.75) is 57.7 Å². The van der Waals surface area contributed by atoms with Crippen LogP contribution in [0.3, 0.4) is 0 Å². The third-order valence-corrected chi connectivity index (χ3v) is 6.12. The predicted molar refractivity (Wildman–Crippen MR) is 119 cm³/mol. The van der Waals surface area contributed by atoms with Gasteiger partial charge in [-0.05, 0) is 49.6 Å². The molecule has 1 aliphatic carbocycles. The van der Waals surface area contributed by atoms with Crippen LogP contribution in [0, 0.1) is 5.82 Å². The zero-order chi connectivity index (χ0) is 22.4. The summed E-state index contributed by atoms with van der Waals surface area (Å²) in [6.07, 6.45) is 3.88. The average molecular weight is 447 g/mol. The van der Waals surface area contributed by atoms with E-state index >= 15 is 0 Å². The predicted octanol–water partition coefficient (Wildman–Crippen LogP) is 4.51. The summed E-state index contributed by atoms with van der Waals surface area (Å²) in [4.78, 5) is 27.6. The summed E-state index contributed by atoms with van der Waals surface area (Å²) in [5.74, 6) is -0.398. The SMILES string of the molecule is COc1ccc(CN(C(=O)Cc2c(F)cccc2Cl)[C@@H](C)C(=O)NC2CCCC2)cc1. The number of halogens is 2. The quantitative estimate of drug-likeness (QED) is 0.649. The molecule has 2 aromatic rings. The van der Waals surface area contributed by atoms with E-state index in [4.69, 9.17) is 16.3 Å². The smallest absolute Gasteiger partial charge is 0.242 e. The van der Waals surface area contributed by atoms with Crippen LogP contribution in [0.2, 0.25) is 5.02 Å². The van der Waals surface area contributed by atoms with Gasteiger partial charge in [0.2, 0.25) is 11.8 Å². The molecule has 0 aliphatic heterocycles. The summed E-state index contributed by atoms with van der Waals surface area (Å²) in [7, 11) is 1.58. The van der Waals surface area contributed by atoms with Gasteiger partial charge in [-0.15, -0.1) is 0 Å². The van der Waals surface area contributed by atoms with E-state index in [-0.39, 0.29) is 41.4 Å². The second-order valence-corrected chi connectivity index (χ2v) is 8.32. The van der Waals surface area contributed by atoms with E-state index in [1.165, 1.54) is 17.0 Å². The monoisotopic (exact) mass is 446 g/mol. The number of hydrogen-bond donors (Lipinski definition) is 1. The van der Waals surface area contributed by atoms with Crippen LogP contribution < -0.4 is 10.1 Å². The zero-order valence-corrected chi connectivity index (χ0v) is 18.6. The lowest BCUT2D eigenvalue weighted by Gasteiger charge is -2.30. The number of methoxy groups -OCH3 is 1. The van der Waals surface area contributed by atoms with Gasteiger partial charge in [0.1, 0.15) is 17.6 Å². The van der Waals surface area contributed by atoms with Crippen molar-refractivity contribution in [1.29, 1.82) is 0 Å². The van der Waals surface area contributed by atoms with E-state index in [0.29, 0.717) is 5.75 Å². The van der Waals surface area contributed by atoms with Crippen LogP contribution in [0.5, 0.6) is 5.75 Å². The van der Waals surface area contributed by atoms with E-state index < -0.39 is 11.9 Å². The van der Waals surface area contributed by atoms with Gasteiger partial charge in [0.05, 0.1) is 13.5 Å². The molecule has 1 saturated carbocycles.